The van der Waals surface area contributed by atoms with Crippen molar-refractivity contribution >= 4 is 0 Å². The summed E-state index contributed by atoms with van der Waals surface area (Å²) in [6, 6.07) is 0.709. The Morgan fingerprint density at radius 3 is 1.27 bits per heavy atom. The molecule has 0 aromatic carbocycles. The summed E-state index contributed by atoms with van der Waals surface area (Å²) in [5, 5.41) is 0. The van der Waals surface area contributed by atoms with Crippen molar-refractivity contribution in [3.63, 3.8) is 0 Å². The summed E-state index contributed by atoms with van der Waals surface area (Å²) < 4.78 is 12.5. The van der Waals surface area contributed by atoms with E-state index in [-0.39, 0.29) is 34.4 Å². The summed E-state index contributed by atoms with van der Waals surface area (Å²) in [7, 11) is 4.38. The van der Waals surface area contributed by atoms with E-state index in [1.165, 1.54) is 6.33 Å². The lowest BCUT2D eigenvalue weighted by Gasteiger charge is -2.53. The van der Waals surface area contributed by atoms with Crippen LogP contribution in [-0.2, 0) is 0 Å². The molecule has 2 fully saturated rings. The van der Waals surface area contributed by atoms with E-state index < -0.39 is 0 Å². The highest BCUT2D eigenvalue weighted by atomic mass is 16.5. The minimum Gasteiger partial charge on any atom is -0.460 e. The zero-order valence-electron chi connectivity index (χ0n) is 20.6. The molecule has 2 aliphatic heterocycles. The Bertz CT molecular complexity index is 666. The molecule has 30 heavy (non-hydrogen) atoms. The Hall–Kier alpha value is -1.47. The first-order chi connectivity index (χ1) is 13.6. The van der Waals surface area contributed by atoms with Crippen molar-refractivity contribution in [1.82, 2.24) is 24.8 Å². The molecule has 0 saturated carbocycles. The van der Waals surface area contributed by atoms with Gasteiger partial charge in [-0.3, -0.25) is 9.80 Å². The maximum atomic E-state index is 6.23. The maximum absolute atomic E-state index is 6.23. The molecule has 0 bridgehead atoms. The average Bonchev–Trinajstić information content (AvgIpc) is 2.57. The van der Waals surface area contributed by atoms with E-state index in [4.69, 9.17) is 9.47 Å². The SMILES string of the molecule is CN1C(C)(C)CC(Oc2ncnc(OC3CC(C)(C)N(C)C(C)(C)C3)n2)CC1(C)C. The molecule has 3 rings (SSSR count). The third kappa shape index (κ3) is 4.72. The van der Waals surface area contributed by atoms with Crippen molar-refractivity contribution in [2.45, 2.75) is 115 Å². The number of ether oxygens (including phenoxy) is 2. The largest absolute Gasteiger partial charge is 0.460 e. The van der Waals surface area contributed by atoms with Crippen LogP contribution in [0.3, 0.4) is 0 Å². The minimum absolute atomic E-state index is 0.0457. The molecule has 3 heterocycles. The molecular formula is C23H41N5O2. The van der Waals surface area contributed by atoms with E-state index in [0.29, 0.717) is 12.0 Å². The fraction of sp³-hybridized carbons (Fsp3) is 0.870. The predicted octanol–water partition coefficient (Wildman–Crippen LogP) is 3.93. The molecule has 0 amide bonds. The number of likely N-dealkylation sites (tertiary alicyclic amines) is 2. The topological polar surface area (TPSA) is 63.6 Å². The number of aromatic nitrogens is 3. The molecule has 0 radical (unpaired) electrons. The van der Waals surface area contributed by atoms with Crippen LogP contribution in [0.25, 0.3) is 0 Å². The van der Waals surface area contributed by atoms with Gasteiger partial charge in [-0.15, -0.1) is 4.98 Å². The molecule has 1 aromatic rings. The lowest BCUT2D eigenvalue weighted by atomic mass is 9.79. The fourth-order valence-corrected chi connectivity index (χ4v) is 5.40. The van der Waals surface area contributed by atoms with Crippen molar-refractivity contribution in [2.75, 3.05) is 14.1 Å². The lowest BCUT2D eigenvalue weighted by Crippen LogP contribution is -2.60. The minimum atomic E-state index is 0.0457. The second-order valence-electron chi connectivity index (χ2n) is 11.7. The molecule has 0 unspecified atom stereocenters. The molecule has 170 valence electrons. The first-order valence-corrected chi connectivity index (χ1v) is 11.1. The van der Waals surface area contributed by atoms with E-state index in [2.05, 4.69) is 94.2 Å². The molecule has 0 spiro atoms. The van der Waals surface area contributed by atoms with Gasteiger partial charge in [-0.25, -0.2) is 0 Å². The van der Waals surface area contributed by atoms with Gasteiger partial charge in [0, 0.05) is 47.8 Å². The van der Waals surface area contributed by atoms with Crippen molar-refractivity contribution in [1.29, 1.82) is 0 Å². The summed E-state index contributed by atoms with van der Waals surface area (Å²) in [6.07, 6.45) is 5.30. The van der Waals surface area contributed by atoms with Gasteiger partial charge in [-0.2, -0.15) is 9.97 Å². The van der Waals surface area contributed by atoms with E-state index >= 15 is 0 Å². The smallest absolute Gasteiger partial charge is 0.322 e. The number of piperidine rings is 2. The molecule has 1 aromatic heterocycles. The van der Waals surface area contributed by atoms with Gasteiger partial charge in [0.1, 0.15) is 18.5 Å². The summed E-state index contributed by atoms with van der Waals surface area (Å²) >= 11 is 0. The Labute approximate surface area is 182 Å². The maximum Gasteiger partial charge on any atom is 0.322 e. The van der Waals surface area contributed by atoms with E-state index in [9.17, 15) is 0 Å². The highest BCUT2D eigenvalue weighted by Gasteiger charge is 2.45. The molecule has 7 heteroatoms. The number of hydrogen-bond donors (Lipinski definition) is 0. The van der Waals surface area contributed by atoms with Gasteiger partial charge in [0.2, 0.25) is 0 Å². The zero-order chi connectivity index (χ0) is 22.5. The van der Waals surface area contributed by atoms with Crippen molar-refractivity contribution in [2.24, 2.45) is 0 Å². The van der Waals surface area contributed by atoms with Gasteiger partial charge < -0.3 is 9.47 Å². The van der Waals surface area contributed by atoms with Crippen LogP contribution in [0.2, 0.25) is 0 Å². The molecule has 2 saturated heterocycles. The summed E-state index contributed by atoms with van der Waals surface area (Å²) in [5.41, 5.74) is 0.183. The van der Waals surface area contributed by atoms with Gasteiger partial charge in [0.15, 0.2) is 0 Å². The van der Waals surface area contributed by atoms with Gasteiger partial charge >= 0.3 is 12.0 Å². The molecule has 0 atom stereocenters. The Morgan fingerprint density at radius 2 is 0.967 bits per heavy atom. The van der Waals surface area contributed by atoms with E-state index in [1.807, 2.05) is 0 Å². The fourth-order valence-electron chi connectivity index (χ4n) is 5.40. The highest BCUT2D eigenvalue weighted by Crippen LogP contribution is 2.39. The number of hydrogen-bond acceptors (Lipinski definition) is 7. The highest BCUT2D eigenvalue weighted by molar-refractivity contribution is 5.06. The molecule has 0 N–H and O–H groups in total. The second kappa shape index (κ2) is 7.59. The van der Waals surface area contributed by atoms with Crippen LogP contribution in [-0.4, -0.2) is 73.2 Å². The van der Waals surface area contributed by atoms with Crippen LogP contribution in [0, 0.1) is 0 Å². The van der Waals surface area contributed by atoms with Gasteiger partial charge in [0.25, 0.3) is 0 Å². The summed E-state index contributed by atoms with van der Waals surface area (Å²) in [4.78, 5) is 17.9. The summed E-state index contributed by atoms with van der Waals surface area (Å²) in [5.74, 6) is 0. The lowest BCUT2D eigenvalue weighted by molar-refractivity contribution is -0.0608. The van der Waals surface area contributed by atoms with Crippen molar-refractivity contribution in [3.05, 3.63) is 6.33 Å². The molecule has 2 aliphatic rings. The Balaban J connectivity index is 1.70. The predicted molar refractivity (Wildman–Crippen MR) is 119 cm³/mol. The quantitative estimate of drug-likeness (QED) is 0.732. The first kappa shape index (κ1) is 23.2. The van der Waals surface area contributed by atoms with Crippen LogP contribution in [0.4, 0.5) is 0 Å². The second-order valence-corrected chi connectivity index (χ2v) is 11.7. The van der Waals surface area contributed by atoms with Gasteiger partial charge in [-0.1, -0.05) is 0 Å². The normalized spacial score (nSPS) is 27.0. The van der Waals surface area contributed by atoms with Crippen molar-refractivity contribution < 1.29 is 9.47 Å². The molecule has 0 aliphatic carbocycles. The Kier molecular flexibility index (Phi) is 5.87. The monoisotopic (exact) mass is 419 g/mol. The zero-order valence-corrected chi connectivity index (χ0v) is 20.6. The van der Waals surface area contributed by atoms with Crippen LogP contribution < -0.4 is 9.47 Å². The van der Waals surface area contributed by atoms with Gasteiger partial charge in [-0.05, 0) is 69.5 Å². The number of rotatable bonds is 4. The average molecular weight is 420 g/mol. The van der Waals surface area contributed by atoms with E-state index in [1.54, 1.807) is 0 Å². The third-order valence-corrected chi connectivity index (χ3v) is 7.61. The third-order valence-electron chi connectivity index (χ3n) is 7.61. The van der Waals surface area contributed by atoms with Crippen LogP contribution >= 0.6 is 0 Å². The summed E-state index contributed by atoms with van der Waals surface area (Å²) in [6.45, 7) is 18.1. The van der Waals surface area contributed by atoms with Gasteiger partial charge in [0.05, 0.1) is 0 Å². The molecular weight excluding hydrogens is 378 g/mol. The van der Waals surface area contributed by atoms with Crippen molar-refractivity contribution in [3.8, 4) is 12.0 Å². The first-order valence-electron chi connectivity index (χ1n) is 11.1. The van der Waals surface area contributed by atoms with Crippen LogP contribution in [0.15, 0.2) is 6.33 Å². The number of nitrogens with zero attached hydrogens (tertiary/aromatic N) is 5. The molecule has 7 nitrogen and oxygen atoms in total. The standard InChI is InChI=1S/C23H41N5O2/c1-20(2)11-16(12-21(3,4)27(20)9)29-18-24-15-25-19(26-18)30-17-13-22(5,6)28(10)23(7,8)14-17/h15-17H,11-14H2,1-10H3. The Morgan fingerprint density at radius 1 is 0.667 bits per heavy atom. The van der Waals surface area contributed by atoms with E-state index in [0.717, 1.165) is 25.7 Å². The van der Waals surface area contributed by atoms with Crippen LogP contribution in [0.1, 0.15) is 81.1 Å². The van der Waals surface area contributed by atoms with Crippen LogP contribution in [0.5, 0.6) is 12.0 Å².